The van der Waals surface area contributed by atoms with Gasteiger partial charge in [0.15, 0.2) is 5.69 Å². The normalized spacial score (nSPS) is 11.8. The Kier molecular flexibility index (Phi) is 3.81. The molecule has 0 aliphatic carbocycles. The van der Waals surface area contributed by atoms with Gasteiger partial charge in [-0.3, -0.25) is 4.40 Å². The van der Waals surface area contributed by atoms with Crippen LogP contribution in [0.2, 0.25) is 0 Å². The van der Waals surface area contributed by atoms with Gasteiger partial charge < -0.3 is 9.15 Å². The summed E-state index contributed by atoms with van der Waals surface area (Å²) in [6, 6.07) is 5.97. The lowest BCUT2D eigenvalue weighted by atomic mass is 10.1. The number of rotatable bonds is 4. The molecule has 23 heavy (non-hydrogen) atoms. The highest BCUT2D eigenvalue weighted by Crippen LogP contribution is 2.35. The molecule has 0 saturated heterocycles. The Morgan fingerprint density at radius 2 is 2.26 bits per heavy atom. The van der Waals surface area contributed by atoms with Gasteiger partial charge in [0.1, 0.15) is 17.1 Å². The number of nitrogens with zero attached hydrogens (tertiary/aromatic N) is 2. The van der Waals surface area contributed by atoms with Crippen LogP contribution in [0.4, 0.5) is 8.78 Å². The molecule has 3 aromatic heterocycles. The lowest BCUT2D eigenvalue weighted by Crippen LogP contribution is -2.10. The first-order chi connectivity index (χ1) is 10.9. The van der Waals surface area contributed by atoms with Crippen molar-refractivity contribution < 1.29 is 22.7 Å². The lowest BCUT2D eigenvalue weighted by molar-refractivity contribution is 0.0519. The Morgan fingerprint density at radius 1 is 1.48 bits per heavy atom. The number of aromatic nitrogens is 2. The van der Waals surface area contributed by atoms with Crippen molar-refractivity contribution >= 4 is 23.2 Å². The number of imidazole rings is 1. The standard InChI is InChI=1S/C15H11ClF2N2O3/c1-2-22-14(21)10-8-20-12(15(16,17)18)6-9(7-13(20)19-10)11-4-3-5-23-11/h3-8H,2H2,1H3. The second kappa shape index (κ2) is 5.66. The molecule has 0 saturated carbocycles. The molecule has 120 valence electrons. The van der Waals surface area contributed by atoms with Gasteiger partial charge in [0, 0.05) is 11.8 Å². The minimum Gasteiger partial charge on any atom is -0.464 e. The zero-order chi connectivity index (χ0) is 16.6. The summed E-state index contributed by atoms with van der Waals surface area (Å²) in [7, 11) is 0. The Balaban J connectivity index is 2.21. The fourth-order valence-electron chi connectivity index (χ4n) is 2.19. The van der Waals surface area contributed by atoms with E-state index in [0.29, 0.717) is 11.3 Å². The molecule has 5 nitrogen and oxygen atoms in total. The van der Waals surface area contributed by atoms with Gasteiger partial charge in [-0.1, -0.05) is 0 Å². The molecule has 8 heteroatoms. The van der Waals surface area contributed by atoms with Crippen LogP contribution >= 0.6 is 11.6 Å². The van der Waals surface area contributed by atoms with Crippen molar-refractivity contribution in [2.24, 2.45) is 0 Å². The van der Waals surface area contributed by atoms with Crippen LogP contribution < -0.4 is 0 Å². The van der Waals surface area contributed by atoms with Crippen LogP contribution in [-0.4, -0.2) is 22.0 Å². The maximum atomic E-state index is 13.7. The Bertz CT molecular complexity index is 854. The van der Waals surface area contributed by atoms with Gasteiger partial charge in [-0.2, -0.15) is 8.78 Å². The first-order valence-electron chi connectivity index (χ1n) is 6.71. The van der Waals surface area contributed by atoms with Crippen LogP contribution in [-0.2, 0) is 10.1 Å². The highest BCUT2D eigenvalue weighted by atomic mass is 35.5. The van der Waals surface area contributed by atoms with E-state index >= 15 is 0 Å². The van der Waals surface area contributed by atoms with Gasteiger partial charge in [-0.15, -0.1) is 0 Å². The number of hydrogen-bond donors (Lipinski definition) is 0. The SMILES string of the molecule is CCOC(=O)c1cn2c(C(F)(F)Cl)cc(-c3ccco3)cc2n1. The molecule has 0 amide bonds. The summed E-state index contributed by atoms with van der Waals surface area (Å²) in [5.41, 5.74) is -0.0900. The number of esters is 1. The van der Waals surface area contributed by atoms with Crippen LogP contribution in [0.15, 0.2) is 41.1 Å². The Labute approximate surface area is 134 Å². The summed E-state index contributed by atoms with van der Waals surface area (Å²) in [6.45, 7) is 1.80. The van der Waals surface area contributed by atoms with E-state index in [2.05, 4.69) is 4.98 Å². The monoisotopic (exact) mass is 340 g/mol. The summed E-state index contributed by atoms with van der Waals surface area (Å²) >= 11 is 5.19. The number of halogens is 3. The van der Waals surface area contributed by atoms with Crippen molar-refractivity contribution in [2.75, 3.05) is 6.61 Å². The number of furan rings is 1. The third-order valence-corrected chi connectivity index (χ3v) is 3.34. The fourth-order valence-corrected chi connectivity index (χ4v) is 2.34. The van der Waals surface area contributed by atoms with Gasteiger partial charge in [-0.05, 0) is 42.8 Å². The quantitative estimate of drug-likeness (QED) is 0.531. The number of carbonyl (C=O) groups excluding carboxylic acids is 1. The van der Waals surface area contributed by atoms with E-state index in [-0.39, 0.29) is 17.9 Å². The largest absolute Gasteiger partial charge is 0.464 e. The zero-order valence-corrected chi connectivity index (χ0v) is 12.7. The topological polar surface area (TPSA) is 56.7 Å². The van der Waals surface area contributed by atoms with E-state index in [9.17, 15) is 13.6 Å². The summed E-state index contributed by atoms with van der Waals surface area (Å²) < 4.78 is 38.6. The molecule has 0 bridgehead atoms. The van der Waals surface area contributed by atoms with Crippen molar-refractivity contribution in [2.45, 2.75) is 12.3 Å². The summed E-state index contributed by atoms with van der Waals surface area (Å²) in [5, 5.41) is -3.65. The van der Waals surface area contributed by atoms with Crippen molar-refractivity contribution in [1.29, 1.82) is 0 Å². The number of carbonyl (C=O) groups is 1. The average molecular weight is 341 g/mol. The Morgan fingerprint density at radius 3 is 2.87 bits per heavy atom. The third kappa shape index (κ3) is 2.92. The van der Waals surface area contributed by atoms with E-state index in [0.717, 1.165) is 4.40 Å². The van der Waals surface area contributed by atoms with Gasteiger partial charge >= 0.3 is 11.4 Å². The minimum atomic E-state index is -3.65. The maximum absolute atomic E-state index is 13.7. The molecule has 3 rings (SSSR count). The minimum absolute atomic E-state index is 0.0781. The Hall–Kier alpha value is -2.41. The van der Waals surface area contributed by atoms with E-state index in [1.54, 1.807) is 19.1 Å². The molecular formula is C15H11ClF2N2O3. The second-order valence-corrected chi connectivity index (χ2v) is 5.15. The van der Waals surface area contributed by atoms with Crippen molar-refractivity contribution in [3.63, 3.8) is 0 Å². The fraction of sp³-hybridized carbons (Fsp3) is 0.200. The second-order valence-electron chi connectivity index (χ2n) is 4.68. The van der Waals surface area contributed by atoms with E-state index in [4.69, 9.17) is 20.8 Å². The molecule has 0 N–H and O–H groups in total. The van der Waals surface area contributed by atoms with Crippen LogP contribution in [0, 0.1) is 0 Å². The smallest absolute Gasteiger partial charge is 0.363 e. The van der Waals surface area contributed by atoms with Crippen molar-refractivity contribution in [1.82, 2.24) is 9.38 Å². The first-order valence-corrected chi connectivity index (χ1v) is 7.09. The van der Waals surface area contributed by atoms with Gasteiger partial charge in [-0.25, -0.2) is 9.78 Å². The molecule has 0 radical (unpaired) electrons. The summed E-state index contributed by atoms with van der Waals surface area (Å²) in [6.07, 6.45) is 2.60. The number of pyridine rings is 1. The summed E-state index contributed by atoms with van der Waals surface area (Å²) in [5.74, 6) is -0.310. The van der Waals surface area contributed by atoms with Crippen LogP contribution in [0.3, 0.4) is 0 Å². The molecule has 0 fully saturated rings. The molecular weight excluding hydrogens is 330 g/mol. The molecule has 0 atom stereocenters. The van der Waals surface area contributed by atoms with Crippen LogP contribution in [0.5, 0.6) is 0 Å². The summed E-state index contributed by atoms with van der Waals surface area (Å²) in [4.78, 5) is 15.8. The van der Waals surface area contributed by atoms with Gasteiger partial charge in [0.25, 0.3) is 0 Å². The van der Waals surface area contributed by atoms with E-state index in [1.165, 1.54) is 24.6 Å². The molecule has 0 aliphatic rings. The lowest BCUT2D eigenvalue weighted by Gasteiger charge is -2.12. The first kappa shape index (κ1) is 15.5. The van der Waals surface area contributed by atoms with Crippen LogP contribution in [0.25, 0.3) is 17.0 Å². The highest BCUT2D eigenvalue weighted by molar-refractivity contribution is 6.21. The highest BCUT2D eigenvalue weighted by Gasteiger charge is 2.32. The number of alkyl halides is 3. The van der Waals surface area contributed by atoms with Crippen molar-refractivity contribution in [3.05, 3.63) is 48.1 Å². The molecule has 0 spiro atoms. The average Bonchev–Trinajstić information content (AvgIpc) is 3.14. The van der Waals surface area contributed by atoms with Crippen LogP contribution in [0.1, 0.15) is 23.1 Å². The van der Waals surface area contributed by atoms with Gasteiger partial charge in [0.05, 0.1) is 12.9 Å². The van der Waals surface area contributed by atoms with E-state index < -0.39 is 17.0 Å². The van der Waals surface area contributed by atoms with E-state index in [1.807, 2.05) is 0 Å². The number of fused-ring (bicyclic) bond motifs is 1. The molecule has 0 unspecified atom stereocenters. The number of hydrogen-bond acceptors (Lipinski definition) is 4. The maximum Gasteiger partial charge on any atom is 0.363 e. The third-order valence-electron chi connectivity index (χ3n) is 3.15. The number of ether oxygens (including phenoxy) is 1. The molecule has 3 heterocycles. The molecule has 0 aliphatic heterocycles. The predicted molar refractivity (Wildman–Crippen MR) is 78.6 cm³/mol. The molecule has 0 aromatic carbocycles. The zero-order valence-electron chi connectivity index (χ0n) is 11.9. The van der Waals surface area contributed by atoms with Crippen molar-refractivity contribution in [3.8, 4) is 11.3 Å². The molecule has 3 aromatic rings. The van der Waals surface area contributed by atoms with Gasteiger partial charge in [0.2, 0.25) is 0 Å². The predicted octanol–water partition coefficient (Wildman–Crippen LogP) is 4.06.